The standard InChI is InChI=1S/C14H19N7O2S/c1-10-16-11(8-24-10)4-19-2-3-23-13-6-20(5-12(13)19)14(22)7-21-9-15-17-18-21/h8-9,12-13H,2-7H2,1H3/t12-,13-/m0/s1. The number of rotatable bonds is 4. The average Bonchev–Trinajstić information content (AvgIpc) is 3.28. The van der Waals surface area contributed by atoms with Gasteiger partial charge in [0.1, 0.15) is 12.9 Å². The number of aromatic nitrogens is 5. The molecule has 2 fully saturated rings. The molecule has 2 atom stereocenters. The first kappa shape index (κ1) is 15.6. The summed E-state index contributed by atoms with van der Waals surface area (Å²) in [5.41, 5.74) is 1.09. The second kappa shape index (κ2) is 6.54. The summed E-state index contributed by atoms with van der Waals surface area (Å²) in [7, 11) is 0. The van der Waals surface area contributed by atoms with Crippen LogP contribution in [0.3, 0.4) is 0 Å². The van der Waals surface area contributed by atoms with Crippen molar-refractivity contribution in [1.29, 1.82) is 0 Å². The van der Waals surface area contributed by atoms with Crippen LogP contribution in [0.2, 0.25) is 0 Å². The Labute approximate surface area is 143 Å². The molecular formula is C14H19N7O2S. The predicted octanol–water partition coefficient (Wildman–Crippen LogP) is -0.450. The van der Waals surface area contributed by atoms with Crippen molar-refractivity contribution in [3.05, 3.63) is 22.4 Å². The van der Waals surface area contributed by atoms with Crippen molar-refractivity contribution < 1.29 is 9.53 Å². The second-order valence-electron chi connectivity index (χ2n) is 6.11. The number of fused-ring (bicyclic) bond motifs is 1. The molecule has 0 aliphatic carbocycles. The van der Waals surface area contributed by atoms with Gasteiger partial charge in [-0.15, -0.1) is 16.4 Å². The van der Waals surface area contributed by atoms with E-state index in [2.05, 4.69) is 30.8 Å². The molecule has 4 rings (SSSR count). The van der Waals surface area contributed by atoms with E-state index in [9.17, 15) is 4.79 Å². The van der Waals surface area contributed by atoms with Gasteiger partial charge in [-0.1, -0.05) is 0 Å². The largest absolute Gasteiger partial charge is 0.373 e. The van der Waals surface area contributed by atoms with E-state index in [4.69, 9.17) is 4.74 Å². The van der Waals surface area contributed by atoms with Crippen LogP contribution in [0.4, 0.5) is 0 Å². The number of aryl methyl sites for hydroxylation is 1. The number of hydrogen-bond donors (Lipinski definition) is 0. The monoisotopic (exact) mass is 349 g/mol. The summed E-state index contributed by atoms with van der Waals surface area (Å²) in [5.74, 6) is 0.0183. The summed E-state index contributed by atoms with van der Waals surface area (Å²) >= 11 is 1.67. The molecule has 0 N–H and O–H groups in total. The number of morpholine rings is 1. The minimum Gasteiger partial charge on any atom is -0.373 e. The molecule has 0 radical (unpaired) electrons. The molecule has 10 heteroatoms. The van der Waals surface area contributed by atoms with Gasteiger partial charge in [-0.25, -0.2) is 9.67 Å². The number of likely N-dealkylation sites (tertiary alicyclic amines) is 1. The third kappa shape index (κ3) is 3.17. The minimum absolute atomic E-state index is 0.0183. The fourth-order valence-corrected chi connectivity index (χ4v) is 3.94. The van der Waals surface area contributed by atoms with Crippen molar-refractivity contribution in [2.75, 3.05) is 26.2 Å². The van der Waals surface area contributed by atoms with Gasteiger partial charge < -0.3 is 9.64 Å². The fourth-order valence-electron chi connectivity index (χ4n) is 3.34. The van der Waals surface area contributed by atoms with Crippen molar-refractivity contribution in [3.63, 3.8) is 0 Å². The summed E-state index contributed by atoms with van der Waals surface area (Å²) in [5, 5.41) is 14.1. The topological polar surface area (TPSA) is 89.3 Å². The van der Waals surface area contributed by atoms with Crippen LogP contribution in [-0.4, -0.2) is 79.3 Å². The molecule has 0 spiro atoms. The lowest BCUT2D eigenvalue weighted by Crippen LogP contribution is -2.50. The van der Waals surface area contributed by atoms with E-state index >= 15 is 0 Å². The molecule has 1 amide bonds. The molecule has 128 valence electrons. The Bertz CT molecular complexity index is 704. The summed E-state index contributed by atoms with van der Waals surface area (Å²) < 4.78 is 7.34. The van der Waals surface area contributed by atoms with Crippen LogP contribution in [0, 0.1) is 6.92 Å². The third-order valence-electron chi connectivity index (χ3n) is 4.49. The summed E-state index contributed by atoms with van der Waals surface area (Å²) in [6.07, 6.45) is 1.52. The lowest BCUT2D eigenvalue weighted by Gasteiger charge is -2.36. The third-order valence-corrected chi connectivity index (χ3v) is 5.31. The molecule has 0 unspecified atom stereocenters. The van der Waals surface area contributed by atoms with Crippen LogP contribution in [0.15, 0.2) is 11.7 Å². The van der Waals surface area contributed by atoms with Crippen LogP contribution in [-0.2, 0) is 22.6 Å². The molecule has 2 aliphatic heterocycles. The van der Waals surface area contributed by atoms with E-state index < -0.39 is 0 Å². The lowest BCUT2D eigenvalue weighted by atomic mass is 10.1. The Kier molecular flexibility index (Phi) is 4.25. The SMILES string of the molecule is Cc1nc(CN2CCO[C@H]3CN(C(=O)Cn4cnnn4)C[C@@H]32)cs1. The van der Waals surface area contributed by atoms with Crippen LogP contribution >= 0.6 is 11.3 Å². The van der Waals surface area contributed by atoms with Gasteiger partial charge in [-0.05, 0) is 17.4 Å². The number of carbonyl (C=O) groups is 1. The van der Waals surface area contributed by atoms with Crippen molar-refractivity contribution in [2.24, 2.45) is 0 Å². The van der Waals surface area contributed by atoms with E-state index in [1.807, 2.05) is 11.8 Å². The molecule has 2 aliphatic rings. The first-order chi connectivity index (χ1) is 11.7. The normalized spacial score (nSPS) is 24.3. The zero-order valence-electron chi connectivity index (χ0n) is 13.4. The second-order valence-corrected chi connectivity index (χ2v) is 7.17. The highest BCUT2D eigenvalue weighted by molar-refractivity contribution is 7.09. The van der Waals surface area contributed by atoms with Crippen molar-refractivity contribution >= 4 is 17.2 Å². The van der Waals surface area contributed by atoms with Gasteiger partial charge in [0.2, 0.25) is 5.91 Å². The molecule has 4 heterocycles. The zero-order valence-corrected chi connectivity index (χ0v) is 14.2. The quantitative estimate of drug-likeness (QED) is 0.738. The van der Waals surface area contributed by atoms with Crippen molar-refractivity contribution in [1.82, 2.24) is 35.0 Å². The molecule has 0 bridgehead atoms. The van der Waals surface area contributed by atoms with Crippen LogP contribution in [0.25, 0.3) is 0 Å². The Morgan fingerprint density at radius 2 is 2.38 bits per heavy atom. The highest BCUT2D eigenvalue weighted by Crippen LogP contribution is 2.25. The number of ether oxygens (including phenoxy) is 1. The van der Waals surface area contributed by atoms with E-state index in [1.165, 1.54) is 11.0 Å². The summed E-state index contributed by atoms with van der Waals surface area (Å²) in [6.45, 7) is 5.85. The number of carbonyl (C=O) groups excluding carboxylic acids is 1. The molecule has 9 nitrogen and oxygen atoms in total. The number of thiazole rings is 1. The van der Waals surface area contributed by atoms with Gasteiger partial charge >= 0.3 is 0 Å². The first-order valence-corrected chi connectivity index (χ1v) is 8.82. The van der Waals surface area contributed by atoms with Crippen LogP contribution in [0.5, 0.6) is 0 Å². The Morgan fingerprint density at radius 3 is 3.12 bits per heavy atom. The van der Waals surface area contributed by atoms with Crippen LogP contribution in [0.1, 0.15) is 10.7 Å². The molecule has 0 saturated carbocycles. The maximum Gasteiger partial charge on any atom is 0.244 e. The first-order valence-electron chi connectivity index (χ1n) is 7.94. The van der Waals surface area contributed by atoms with Gasteiger partial charge in [-0.2, -0.15) is 0 Å². The van der Waals surface area contributed by atoms with Gasteiger partial charge in [0.05, 0.1) is 29.5 Å². The molecular weight excluding hydrogens is 330 g/mol. The average molecular weight is 349 g/mol. The predicted molar refractivity (Wildman–Crippen MR) is 85.2 cm³/mol. The van der Waals surface area contributed by atoms with Gasteiger partial charge in [-0.3, -0.25) is 9.69 Å². The molecule has 2 saturated heterocycles. The minimum atomic E-state index is 0.0183. The molecule has 24 heavy (non-hydrogen) atoms. The Hall–Kier alpha value is -1.91. The van der Waals surface area contributed by atoms with E-state index in [0.717, 1.165) is 23.8 Å². The van der Waals surface area contributed by atoms with E-state index in [1.54, 1.807) is 11.3 Å². The Morgan fingerprint density at radius 1 is 1.46 bits per heavy atom. The number of amides is 1. The van der Waals surface area contributed by atoms with E-state index in [0.29, 0.717) is 19.7 Å². The zero-order chi connectivity index (χ0) is 16.5. The molecule has 2 aromatic rings. The van der Waals surface area contributed by atoms with Crippen molar-refractivity contribution in [3.8, 4) is 0 Å². The maximum atomic E-state index is 12.4. The highest BCUT2D eigenvalue weighted by atomic mass is 32.1. The van der Waals surface area contributed by atoms with Crippen molar-refractivity contribution in [2.45, 2.75) is 32.2 Å². The smallest absolute Gasteiger partial charge is 0.244 e. The molecule has 2 aromatic heterocycles. The summed E-state index contributed by atoms with van der Waals surface area (Å²) in [4.78, 5) is 21.2. The Balaban J connectivity index is 1.41. The maximum absolute atomic E-state index is 12.4. The number of hydrogen-bond acceptors (Lipinski definition) is 8. The van der Waals surface area contributed by atoms with Gasteiger partial charge in [0.15, 0.2) is 0 Å². The number of tetrazole rings is 1. The van der Waals surface area contributed by atoms with Gasteiger partial charge in [0.25, 0.3) is 0 Å². The lowest BCUT2D eigenvalue weighted by molar-refractivity contribution is -0.131. The van der Waals surface area contributed by atoms with Crippen LogP contribution < -0.4 is 0 Å². The summed E-state index contributed by atoms with van der Waals surface area (Å²) in [6, 6.07) is 0.221. The fraction of sp³-hybridized carbons (Fsp3) is 0.643. The number of nitrogens with zero attached hydrogens (tertiary/aromatic N) is 7. The molecule has 0 aromatic carbocycles. The van der Waals surface area contributed by atoms with Gasteiger partial charge in [0, 0.05) is 31.6 Å². The highest BCUT2D eigenvalue weighted by Gasteiger charge is 2.41. The van der Waals surface area contributed by atoms with E-state index in [-0.39, 0.29) is 24.6 Å².